The fraction of sp³-hybridized carbons (Fsp3) is 0.312. The van der Waals surface area contributed by atoms with Crippen molar-refractivity contribution in [3.63, 3.8) is 0 Å². The highest BCUT2D eigenvalue weighted by molar-refractivity contribution is 9.10. The van der Waals surface area contributed by atoms with Gasteiger partial charge in [-0.25, -0.2) is 9.18 Å². The first kappa shape index (κ1) is 14.3. The SMILES string of the molecule is C=C(C)[C@H]1CCc2c([nH]c3c(C(=O)O)cc(F)c(Br)c23)C1. The largest absolute Gasteiger partial charge is 0.478 e. The van der Waals surface area contributed by atoms with Gasteiger partial charge in [0.2, 0.25) is 0 Å². The number of carboxylic acids is 1. The number of nitrogens with one attached hydrogen (secondary N) is 1. The average Bonchev–Trinajstić information content (AvgIpc) is 2.80. The van der Waals surface area contributed by atoms with Crippen LogP contribution < -0.4 is 0 Å². The third-order valence-corrected chi connectivity index (χ3v) is 5.06. The zero-order valence-electron chi connectivity index (χ0n) is 11.6. The number of allylic oxidation sites excluding steroid dienone is 1. The Morgan fingerprint density at radius 3 is 2.90 bits per heavy atom. The molecule has 0 saturated carbocycles. The maximum atomic E-state index is 14.0. The molecule has 1 aliphatic carbocycles. The molecule has 1 aromatic heterocycles. The summed E-state index contributed by atoms with van der Waals surface area (Å²) in [5.74, 6) is -1.27. The molecule has 0 spiro atoms. The van der Waals surface area contributed by atoms with Gasteiger partial charge in [-0.2, -0.15) is 0 Å². The molecular formula is C16H15BrFNO2. The van der Waals surface area contributed by atoms with Crippen LogP contribution in [0.4, 0.5) is 4.39 Å². The number of aromatic carboxylic acids is 1. The van der Waals surface area contributed by atoms with Gasteiger partial charge in [0.1, 0.15) is 5.82 Å². The van der Waals surface area contributed by atoms with E-state index >= 15 is 0 Å². The number of hydrogen-bond acceptors (Lipinski definition) is 1. The van der Waals surface area contributed by atoms with Crippen LogP contribution >= 0.6 is 15.9 Å². The van der Waals surface area contributed by atoms with E-state index in [0.717, 1.165) is 42.2 Å². The molecule has 2 aromatic rings. The van der Waals surface area contributed by atoms with Crippen LogP contribution in [-0.2, 0) is 12.8 Å². The summed E-state index contributed by atoms with van der Waals surface area (Å²) in [6.07, 6.45) is 2.56. The smallest absolute Gasteiger partial charge is 0.337 e. The van der Waals surface area contributed by atoms with Crippen LogP contribution in [-0.4, -0.2) is 16.1 Å². The summed E-state index contributed by atoms with van der Waals surface area (Å²) in [4.78, 5) is 14.5. The monoisotopic (exact) mass is 351 g/mol. The lowest BCUT2D eigenvalue weighted by atomic mass is 9.83. The lowest BCUT2D eigenvalue weighted by molar-refractivity contribution is 0.0698. The molecular weight excluding hydrogens is 337 g/mol. The van der Waals surface area contributed by atoms with E-state index in [4.69, 9.17) is 0 Å². The summed E-state index contributed by atoms with van der Waals surface area (Å²) in [7, 11) is 0. The molecule has 110 valence electrons. The Bertz CT molecular complexity index is 778. The molecule has 1 atom stereocenters. The number of benzene rings is 1. The van der Waals surface area contributed by atoms with Crippen LogP contribution in [0.2, 0.25) is 0 Å². The molecule has 0 radical (unpaired) electrons. The zero-order valence-corrected chi connectivity index (χ0v) is 13.2. The van der Waals surface area contributed by atoms with Crippen molar-refractivity contribution >= 4 is 32.8 Å². The van der Waals surface area contributed by atoms with Crippen molar-refractivity contribution in [3.05, 3.63) is 45.3 Å². The van der Waals surface area contributed by atoms with Crippen LogP contribution in [0.1, 0.15) is 35.0 Å². The van der Waals surface area contributed by atoms with Crippen molar-refractivity contribution in [2.45, 2.75) is 26.2 Å². The quantitative estimate of drug-likeness (QED) is 0.785. The van der Waals surface area contributed by atoms with Crippen molar-refractivity contribution < 1.29 is 14.3 Å². The van der Waals surface area contributed by atoms with Crippen LogP contribution in [0.15, 0.2) is 22.7 Å². The van der Waals surface area contributed by atoms with E-state index in [2.05, 4.69) is 27.5 Å². The van der Waals surface area contributed by atoms with Gasteiger partial charge in [-0.05, 0) is 59.7 Å². The molecule has 5 heteroatoms. The number of aryl methyl sites for hydroxylation is 1. The minimum Gasteiger partial charge on any atom is -0.478 e. The predicted molar refractivity (Wildman–Crippen MR) is 83.2 cm³/mol. The molecule has 3 nitrogen and oxygen atoms in total. The number of H-pyrrole nitrogens is 1. The second kappa shape index (κ2) is 4.98. The van der Waals surface area contributed by atoms with Crippen LogP contribution in [0.5, 0.6) is 0 Å². The van der Waals surface area contributed by atoms with E-state index in [1.165, 1.54) is 0 Å². The van der Waals surface area contributed by atoms with Crippen molar-refractivity contribution in [1.82, 2.24) is 4.98 Å². The molecule has 0 saturated heterocycles. The molecule has 3 rings (SSSR count). The number of rotatable bonds is 2. The molecule has 2 N–H and O–H groups in total. The molecule has 0 unspecified atom stereocenters. The van der Waals surface area contributed by atoms with Gasteiger partial charge in [0.05, 0.1) is 15.6 Å². The minimum atomic E-state index is -1.12. The van der Waals surface area contributed by atoms with Gasteiger partial charge >= 0.3 is 5.97 Å². The number of aromatic nitrogens is 1. The standard InChI is InChI=1S/C16H15BrFNO2/c1-7(2)8-3-4-9-12(5-8)19-15-10(16(20)21)6-11(18)14(17)13(9)15/h6,8,19H,1,3-5H2,2H3,(H,20,21)/t8-/m0/s1. The Kier molecular flexibility index (Phi) is 3.40. The van der Waals surface area contributed by atoms with Gasteiger partial charge in [0.15, 0.2) is 0 Å². The number of carbonyl (C=O) groups is 1. The lowest BCUT2D eigenvalue weighted by Gasteiger charge is -2.22. The number of aromatic amines is 1. The molecule has 1 heterocycles. The first-order valence-corrected chi connectivity index (χ1v) is 7.59. The van der Waals surface area contributed by atoms with Crippen molar-refractivity contribution in [1.29, 1.82) is 0 Å². The van der Waals surface area contributed by atoms with Crippen LogP contribution in [0.25, 0.3) is 10.9 Å². The van der Waals surface area contributed by atoms with E-state index < -0.39 is 11.8 Å². The maximum Gasteiger partial charge on any atom is 0.337 e. The normalized spacial score (nSPS) is 17.8. The fourth-order valence-corrected chi connectivity index (χ4v) is 3.67. The second-order valence-electron chi connectivity index (χ2n) is 5.64. The molecule has 0 fully saturated rings. The third kappa shape index (κ3) is 2.20. The van der Waals surface area contributed by atoms with Gasteiger partial charge in [-0.3, -0.25) is 0 Å². The second-order valence-corrected chi connectivity index (χ2v) is 6.44. The van der Waals surface area contributed by atoms with E-state index in [9.17, 15) is 14.3 Å². The first-order valence-electron chi connectivity index (χ1n) is 6.80. The van der Waals surface area contributed by atoms with Gasteiger partial charge in [0.25, 0.3) is 0 Å². The molecule has 0 aliphatic heterocycles. The average molecular weight is 352 g/mol. The van der Waals surface area contributed by atoms with E-state index in [1.807, 2.05) is 6.92 Å². The Balaban J connectivity index is 2.27. The van der Waals surface area contributed by atoms with E-state index in [-0.39, 0.29) is 5.56 Å². The minimum absolute atomic E-state index is 0.0213. The molecule has 0 bridgehead atoms. The van der Waals surface area contributed by atoms with Gasteiger partial charge in [0, 0.05) is 11.1 Å². The van der Waals surface area contributed by atoms with Gasteiger partial charge in [-0.15, -0.1) is 0 Å². The maximum absolute atomic E-state index is 14.0. The number of fused-ring (bicyclic) bond motifs is 3. The highest BCUT2D eigenvalue weighted by Crippen LogP contribution is 2.39. The number of halogens is 2. The topological polar surface area (TPSA) is 53.1 Å². The summed E-state index contributed by atoms with van der Waals surface area (Å²) < 4.78 is 14.3. The summed E-state index contributed by atoms with van der Waals surface area (Å²) in [5.41, 5.74) is 3.63. The van der Waals surface area contributed by atoms with Crippen molar-refractivity contribution in [3.8, 4) is 0 Å². The molecule has 1 aromatic carbocycles. The predicted octanol–water partition coefficient (Wildman–Crippen LogP) is 4.45. The molecule has 0 amide bonds. The summed E-state index contributed by atoms with van der Waals surface area (Å²) in [6.45, 7) is 6.02. The number of carboxylic acid groups (broad SMARTS) is 1. The lowest BCUT2D eigenvalue weighted by Crippen LogP contribution is -2.14. The Morgan fingerprint density at radius 2 is 2.29 bits per heavy atom. The third-order valence-electron chi connectivity index (χ3n) is 4.28. The van der Waals surface area contributed by atoms with Crippen molar-refractivity contribution in [2.24, 2.45) is 5.92 Å². The van der Waals surface area contributed by atoms with E-state index in [1.54, 1.807) is 0 Å². The van der Waals surface area contributed by atoms with E-state index in [0.29, 0.717) is 21.3 Å². The van der Waals surface area contributed by atoms with Gasteiger partial charge in [-0.1, -0.05) is 12.2 Å². The molecule has 1 aliphatic rings. The Morgan fingerprint density at radius 1 is 1.57 bits per heavy atom. The fourth-order valence-electron chi connectivity index (χ4n) is 3.12. The Labute approximate surface area is 130 Å². The summed E-state index contributed by atoms with van der Waals surface area (Å²) in [5, 5.41) is 9.95. The zero-order chi connectivity index (χ0) is 15.3. The summed E-state index contributed by atoms with van der Waals surface area (Å²) in [6, 6.07) is 1.06. The first-order chi connectivity index (χ1) is 9.90. The van der Waals surface area contributed by atoms with Crippen molar-refractivity contribution in [2.75, 3.05) is 0 Å². The molecule has 21 heavy (non-hydrogen) atoms. The summed E-state index contributed by atoms with van der Waals surface area (Å²) >= 11 is 3.26. The van der Waals surface area contributed by atoms with Crippen LogP contribution in [0, 0.1) is 11.7 Å². The highest BCUT2D eigenvalue weighted by atomic mass is 79.9. The van der Waals surface area contributed by atoms with Gasteiger partial charge < -0.3 is 10.1 Å². The highest BCUT2D eigenvalue weighted by Gasteiger charge is 2.27. The number of hydrogen-bond donors (Lipinski definition) is 2. The Hall–Kier alpha value is -1.62. The van der Waals surface area contributed by atoms with Crippen LogP contribution in [0.3, 0.4) is 0 Å².